The van der Waals surface area contributed by atoms with Crippen LogP contribution in [-0.4, -0.2) is 6.41 Å². The first-order valence-corrected chi connectivity index (χ1v) is 4.62. The molecule has 0 saturated carbocycles. The Hall–Kier alpha value is -0.380. The van der Waals surface area contributed by atoms with Crippen LogP contribution in [0.1, 0.15) is 0 Å². The third-order valence-electron chi connectivity index (χ3n) is 1.12. The number of hydrogen-bond donors (Lipinski definition) is 1. The van der Waals surface area contributed by atoms with E-state index in [4.69, 9.17) is 23.2 Å². The Labute approximate surface area is 84.4 Å². The average molecular weight is 222 g/mol. The fourth-order valence-corrected chi connectivity index (χ4v) is 1.49. The molecule has 1 aromatic rings. The molecule has 0 aliphatic heterocycles. The van der Waals surface area contributed by atoms with Gasteiger partial charge in [-0.2, -0.15) is 0 Å². The predicted octanol–water partition coefficient (Wildman–Crippen LogP) is 2.75. The first-order chi connectivity index (χ1) is 5.74. The molecule has 0 aliphatic carbocycles. The third-order valence-corrected chi connectivity index (χ3v) is 2.56. The van der Waals surface area contributed by atoms with Crippen molar-refractivity contribution in [2.24, 2.45) is 0 Å². The molecule has 0 fully saturated rings. The molecule has 0 heterocycles. The SMILES string of the molecule is O=CNSc1ccc(Cl)c(Cl)c1. The molecule has 0 aliphatic rings. The Bertz CT molecular complexity index is 293. The second kappa shape index (κ2) is 4.60. The molecular weight excluding hydrogens is 217 g/mol. The number of nitrogens with one attached hydrogen (secondary N) is 1. The molecule has 12 heavy (non-hydrogen) atoms. The molecule has 0 saturated heterocycles. The van der Waals surface area contributed by atoms with Crippen molar-refractivity contribution in [2.75, 3.05) is 0 Å². The number of benzene rings is 1. The Morgan fingerprint density at radius 2 is 2.08 bits per heavy atom. The Morgan fingerprint density at radius 1 is 1.33 bits per heavy atom. The van der Waals surface area contributed by atoms with Crippen molar-refractivity contribution in [2.45, 2.75) is 4.90 Å². The van der Waals surface area contributed by atoms with Crippen LogP contribution in [0.4, 0.5) is 0 Å². The van der Waals surface area contributed by atoms with Crippen molar-refractivity contribution >= 4 is 41.6 Å². The van der Waals surface area contributed by atoms with Crippen LogP contribution in [-0.2, 0) is 4.79 Å². The molecule has 1 rings (SSSR count). The number of rotatable bonds is 3. The van der Waals surface area contributed by atoms with Crippen LogP contribution in [0.2, 0.25) is 10.0 Å². The smallest absolute Gasteiger partial charge is 0.217 e. The molecule has 1 N–H and O–H groups in total. The van der Waals surface area contributed by atoms with Crippen molar-refractivity contribution in [3.8, 4) is 0 Å². The highest BCUT2D eigenvalue weighted by Crippen LogP contribution is 2.26. The molecule has 64 valence electrons. The minimum Gasteiger partial charge on any atom is -0.299 e. The van der Waals surface area contributed by atoms with Gasteiger partial charge in [0.15, 0.2) is 0 Å². The normalized spacial score (nSPS) is 9.50. The van der Waals surface area contributed by atoms with Crippen LogP contribution in [0.5, 0.6) is 0 Å². The van der Waals surface area contributed by atoms with Gasteiger partial charge in [0.2, 0.25) is 6.41 Å². The summed E-state index contributed by atoms with van der Waals surface area (Å²) in [7, 11) is 0. The van der Waals surface area contributed by atoms with E-state index in [1.165, 1.54) is 11.9 Å². The Kier molecular flexibility index (Phi) is 3.72. The number of hydrogen-bond acceptors (Lipinski definition) is 2. The van der Waals surface area contributed by atoms with Gasteiger partial charge in [0, 0.05) is 4.90 Å². The van der Waals surface area contributed by atoms with Crippen molar-refractivity contribution < 1.29 is 4.79 Å². The molecule has 0 atom stereocenters. The van der Waals surface area contributed by atoms with Crippen LogP contribution in [0.15, 0.2) is 23.1 Å². The lowest BCUT2D eigenvalue weighted by Crippen LogP contribution is -1.96. The maximum atomic E-state index is 9.94. The summed E-state index contributed by atoms with van der Waals surface area (Å²) in [5, 5.41) is 0.987. The van der Waals surface area contributed by atoms with Gasteiger partial charge in [0.05, 0.1) is 10.0 Å². The number of halogens is 2. The van der Waals surface area contributed by atoms with Crippen LogP contribution in [0.3, 0.4) is 0 Å². The summed E-state index contributed by atoms with van der Waals surface area (Å²) in [5.41, 5.74) is 0. The first kappa shape index (κ1) is 9.71. The van der Waals surface area contributed by atoms with E-state index in [9.17, 15) is 4.79 Å². The van der Waals surface area contributed by atoms with E-state index in [1.54, 1.807) is 18.2 Å². The Balaban J connectivity index is 2.75. The molecule has 1 amide bonds. The summed E-state index contributed by atoms with van der Waals surface area (Å²) in [4.78, 5) is 10.8. The molecular formula is C7H5Cl2NOS. The van der Waals surface area contributed by atoms with Crippen molar-refractivity contribution in [1.82, 2.24) is 4.72 Å². The Morgan fingerprint density at radius 3 is 2.67 bits per heavy atom. The lowest BCUT2D eigenvalue weighted by molar-refractivity contribution is -0.107. The summed E-state index contributed by atoms with van der Waals surface area (Å²) in [6, 6.07) is 5.14. The van der Waals surface area contributed by atoms with Gasteiger partial charge in [0.25, 0.3) is 0 Å². The van der Waals surface area contributed by atoms with Gasteiger partial charge in [-0.15, -0.1) is 0 Å². The van der Waals surface area contributed by atoms with Crippen LogP contribution >= 0.6 is 35.1 Å². The van der Waals surface area contributed by atoms with Crippen molar-refractivity contribution in [3.63, 3.8) is 0 Å². The number of carbonyl (C=O) groups is 1. The molecule has 1 aromatic carbocycles. The van der Waals surface area contributed by atoms with Gasteiger partial charge in [-0.25, -0.2) is 0 Å². The fourth-order valence-electron chi connectivity index (χ4n) is 0.632. The van der Waals surface area contributed by atoms with Crippen molar-refractivity contribution in [3.05, 3.63) is 28.2 Å². The van der Waals surface area contributed by atoms with E-state index < -0.39 is 0 Å². The standard InChI is InChI=1S/C7H5Cl2NOS/c8-6-2-1-5(3-7(6)9)12-10-4-11/h1-4H,(H,10,11). The molecule has 5 heteroatoms. The maximum Gasteiger partial charge on any atom is 0.217 e. The van der Waals surface area contributed by atoms with E-state index in [2.05, 4.69) is 4.72 Å². The first-order valence-electron chi connectivity index (χ1n) is 3.05. The van der Waals surface area contributed by atoms with Gasteiger partial charge in [-0.1, -0.05) is 23.2 Å². The van der Waals surface area contributed by atoms with E-state index in [-0.39, 0.29) is 0 Å². The molecule has 0 bridgehead atoms. The van der Waals surface area contributed by atoms with Gasteiger partial charge in [0.1, 0.15) is 0 Å². The zero-order valence-electron chi connectivity index (χ0n) is 5.88. The maximum absolute atomic E-state index is 9.94. The van der Waals surface area contributed by atoms with Gasteiger partial charge in [-0.3, -0.25) is 9.52 Å². The molecule has 0 spiro atoms. The topological polar surface area (TPSA) is 29.1 Å². The highest BCUT2D eigenvalue weighted by atomic mass is 35.5. The third kappa shape index (κ3) is 2.59. The minimum atomic E-state index is 0.481. The second-order valence-corrected chi connectivity index (χ2v) is 3.64. The van der Waals surface area contributed by atoms with Gasteiger partial charge < -0.3 is 0 Å². The highest BCUT2D eigenvalue weighted by Gasteiger charge is 1.98. The van der Waals surface area contributed by atoms with E-state index in [0.717, 1.165) is 4.90 Å². The van der Waals surface area contributed by atoms with Crippen LogP contribution < -0.4 is 4.72 Å². The van der Waals surface area contributed by atoms with E-state index >= 15 is 0 Å². The second-order valence-electron chi connectivity index (χ2n) is 1.91. The zero-order chi connectivity index (χ0) is 8.97. The minimum absolute atomic E-state index is 0.481. The van der Waals surface area contributed by atoms with Crippen molar-refractivity contribution in [1.29, 1.82) is 0 Å². The fraction of sp³-hybridized carbons (Fsp3) is 0. The van der Waals surface area contributed by atoms with Gasteiger partial charge in [-0.05, 0) is 30.1 Å². The van der Waals surface area contributed by atoms with Crippen LogP contribution in [0.25, 0.3) is 0 Å². The summed E-state index contributed by atoms with van der Waals surface area (Å²) in [6.07, 6.45) is 0.604. The number of carbonyl (C=O) groups excluding carboxylic acids is 1. The molecule has 0 unspecified atom stereocenters. The summed E-state index contributed by atoms with van der Waals surface area (Å²) < 4.78 is 2.45. The summed E-state index contributed by atoms with van der Waals surface area (Å²) >= 11 is 12.6. The molecule has 2 nitrogen and oxygen atoms in total. The number of amides is 1. The highest BCUT2D eigenvalue weighted by molar-refractivity contribution is 7.97. The largest absolute Gasteiger partial charge is 0.299 e. The van der Waals surface area contributed by atoms with Crippen LogP contribution in [0, 0.1) is 0 Å². The predicted molar refractivity (Wildman–Crippen MR) is 51.5 cm³/mol. The molecule has 0 radical (unpaired) electrons. The van der Waals surface area contributed by atoms with E-state index in [0.29, 0.717) is 16.5 Å². The summed E-state index contributed by atoms with van der Waals surface area (Å²) in [6.45, 7) is 0. The summed E-state index contributed by atoms with van der Waals surface area (Å²) in [5.74, 6) is 0. The van der Waals surface area contributed by atoms with Gasteiger partial charge >= 0.3 is 0 Å². The lowest BCUT2D eigenvalue weighted by atomic mass is 10.4. The average Bonchev–Trinajstić information content (AvgIpc) is 2.07. The molecule has 0 aromatic heterocycles. The lowest BCUT2D eigenvalue weighted by Gasteiger charge is -1.99. The quantitative estimate of drug-likeness (QED) is 0.629. The zero-order valence-corrected chi connectivity index (χ0v) is 8.21. The van der Waals surface area contributed by atoms with E-state index in [1.807, 2.05) is 0 Å². The monoisotopic (exact) mass is 221 g/mol.